The molecule has 0 aliphatic heterocycles. The molecule has 0 spiro atoms. The Balaban J connectivity index is 1.12. The zero-order valence-electron chi connectivity index (χ0n) is 25.0. The Bertz CT molecular complexity index is 784. The molecule has 3 heteroatoms. The standard InChI is InChI=1S/C35H58O3/c1-3-5-6-7-8-9-10-11-12-13-14-15-16-17-34(37)38-33-23-22-32-31-20-18-27-26-28(36)19-21-29(27)30(31)24-25-35(32,33)4-2/h26,29-33H,3-25H2,1-2H3/t29-,30+,31+,32-,33-,35-/m0/s1. The topological polar surface area (TPSA) is 43.4 Å². The summed E-state index contributed by atoms with van der Waals surface area (Å²) in [5.74, 6) is 3.30. The molecule has 4 rings (SSSR count). The molecule has 0 aromatic rings. The van der Waals surface area contributed by atoms with E-state index in [2.05, 4.69) is 13.8 Å². The molecule has 4 aliphatic carbocycles. The smallest absolute Gasteiger partial charge is 0.306 e. The number of ketones is 1. The van der Waals surface area contributed by atoms with Gasteiger partial charge >= 0.3 is 5.97 Å². The summed E-state index contributed by atoms with van der Waals surface area (Å²) in [6, 6.07) is 0. The van der Waals surface area contributed by atoms with Crippen molar-refractivity contribution in [3.8, 4) is 0 Å². The fourth-order valence-electron chi connectivity index (χ4n) is 9.29. The molecule has 0 N–H and O–H groups in total. The molecular formula is C35H58O3. The molecular weight excluding hydrogens is 468 g/mol. The second kappa shape index (κ2) is 15.0. The first-order chi connectivity index (χ1) is 18.6. The highest BCUT2D eigenvalue weighted by Crippen LogP contribution is 2.63. The Morgan fingerprint density at radius 2 is 1.45 bits per heavy atom. The number of fused-ring (bicyclic) bond motifs is 5. The van der Waals surface area contributed by atoms with Crippen LogP contribution in [-0.4, -0.2) is 17.9 Å². The van der Waals surface area contributed by atoms with Gasteiger partial charge in [-0.1, -0.05) is 96.5 Å². The lowest BCUT2D eigenvalue weighted by molar-refractivity contribution is -0.160. The van der Waals surface area contributed by atoms with Crippen molar-refractivity contribution in [2.75, 3.05) is 0 Å². The summed E-state index contributed by atoms with van der Waals surface area (Å²) in [4.78, 5) is 24.9. The van der Waals surface area contributed by atoms with Gasteiger partial charge in [-0.2, -0.15) is 0 Å². The fourth-order valence-corrected chi connectivity index (χ4v) is 9.29. The Morgan fingerprint density at radius 1 is 0.789 bits per heavy atom. The normalized spacial score (nSPS) is 32.3. The first-order valence-corrected chi connectivity index (χ1v) is 17.0. The van der Waals surface area contributed by atoms with Crippen LogP contribution in [0.2, 0.25) is 0 Å². The fraction of sp³-hybridized carbons (Fsp3) is 0.886. The molecule has 0 aromatic heterocycles. The van der Waals surface area contributed by atoms with Crippen LogP contribution in [0.3, 0.4) is 0 Å². The number of allylic oxidation sites excluding steroid dienone is 1. The third-order valence-corrected chi connectivity index (χ3v) is 11.4. The molecule has 0 saturated heterocycles. The van der Waals surface area contributed by atoms with Gasteiger partial charge in [-0.3, -0.25) is 9.59 Å². The molecule has 0 heterocycles. The Morgan fingerprint density at radius 3 is 2.11 bits per heavy atom. The number of ether oxygens (including phenoxy) is 1. The van der Waals surface area contributed by atoms with Crippen molar-refractivity contribution in [2.24, 2.45) is 29.1 Å². The van der Waals surface area contributed by atoms with Crippen LogP contribution in [0.25, 0.3) is 0 Å². The van der Waals surface area contributed by atoms with E-state index in [0.717, 1.165) is 50.4 Å². The van der Waals surface area contributed by atoms with Gasteiger partial charge in [0.15, 0.2) is 5.78 Å². The largest absolute Gasteiger partial charge is 0.462 e. The number of carbonyl (C=O) groups excluding carboxylic acids is 2. The first-order valence-electron chi connectivity index (χ1n) is 17.0. The summed E-state index contributed by atoms with van der Waals surface area (Å²) < 4.78 is 6.29. The number of hydrogen-bond acceptors (Lipinski definition) is 3. The van der Waals surface area contributed by atoms with Crippen LogP contribution in [0, 0.1) is 29.1 Å². The predicted molar refractivity (Wildman–Crippen MR) is 157 cm³/mol. The summed E-state index contributed by atoms with van der Waals surface area (Å²) in [7, 11) is 0. The second-order valence-corrected chi connectivity index (χ2v) is 13.5. The van der Waals surface area contributed by atoms with Crippen molar-refractivity contribution in [3.63, 3.8) is 0 Å². The van der Waals surface area contributed by atoms with E-state index in [4.69, 9.17) is 4.74 Å². The van der Waals surface area contributed by atoms with Crippen molar-refractivity contribution in [1.82, 2.24) is 0 Å². The van der Waals surface area contributed by atoms with Crippen LogP contribution in [0.15, 0.2) is 11.6 Å². The van der Waals surface area contributed by atoms with Crippen molar-refractivity contribution in [2.45, 2.75) is 168 Å². The average Bonchev–Trinajstić information content (AvgIpc) is 3.29. The molecule has 0 aromatic carbocycles. The molecule has 4 aliphatic rings. The van der Waals surface area contributed by atoms with E-state index in [1.807, 2.05) is 6.08 Å². The zero-order valence-corrected chi connectivity index (χ0v) is 25.0. The summed E-state index contributed by atoms with van der Waals surface area (Å²) in [6.07, 6.45) is 30.2. The number of hydrogen-bond donors (Lipinski definition) is 0. The van der Waals surface area contributed by atoms with E-state index in [9.17, 15) is 9.59 Å². The van der Waals surface area contributed by atoms with Crippen molar-refractivity contribution >= 4 is 11.8 Å². The lowest BCUT2D eigenvalue weighted by Gasteiger charge is -2.54. The highest BCUT2D eigenvalue weighted by atomic mass is 16.5. The third-order valence-electron chi connectivity index (χ3n) is 11.4. The molecule has 0 radical (unpaired) electrons. The molecule has 6 atom stereocenters. The van der Waals surface area contributed by atoms with Gasteiger partial charge in [0.2, 0.25) is 0 Å². The molecule has 3 nitrogen and oxygen atoms in total. The summed E-state index contributed by atoms with van der Waals surface area (Å²) in [5, 5.41) is 0. The van der Waals surface area contributed by atoms with Gasteiger partial charge in [-0.15, -0.1) is 0 Å². The van der Waals surface area contributed by atoms with Crippen LogP contribution in [0.1, 0.15) is 162 Å². The molecule has 0 amide bonds. The third kappa shape index (κ3) is 7.34. The molecule has 3 fully saturated rings. The number of carbonyl (C=O) groups is 2. The van der Waals surface area contributed by atoms with Crippen LogP contribution in [0.4, 0.5) is 0 Å². The van der Waals surface area contributed by atoms with E-state index >= 15 is 0 Å². The summed E-state index contributed by atoms with van der Waals surface area (Å²) in [6.45, 7) is 4.63. The zero-order chi connectivity index (χ0) is 26.8. The molecule has 216 valence electrons. The van der Waals surface area contributed by atoms with Crippen molar-refractivity contribution in [3.05, 3.63) is 11.6 Å². The van der Waals surface area contributed by atoms with Gasteiger partial charge in [-0.25, -0.2) is 0 Å². The van der Waals surface area contributed by atoms with Gasteiger partial charge in [0.25, 0.3) is 0 Å². The maximum Gasteiger partial charge on any atom is 0.306 e. The summed E-state index contributed by atoms with van der Waals surface area (Å²) >= 11 is 0. The lowest BCUT2D eigenvalue weighted by Crippen LogP contribution is -2.49. The van der Waals surface area contributed by atoms with Gasteiger partial charge in [0, 0.05) is 18.3 Å². The van der Waals surface area contributed by atoms with Crippen LogP contribution < -0.4 is 0 Å². The minimum atomic E-state index is 0.0633. The maximum atomic E-state index is 12.9. The van der Waals surface area contributed by atoms with Crippen molar-refractivity contribution < 1.29 is 14.3 Å². The van der Waals surface area contributed by atoms with E-state index in [1.54, 1.807) is 0 Å². The summed E-state index contributed by atoms with van der Waals surface area (Å²) in [5.41, 5.74) is 1.67. The quantitative estimate of drug-likeness (QED) is 0.148. The molecule has 0 unspecified atom stereocenters. The van der Waals surface area contributed by atoms with E-state index in [-0.39, 0.29) is 17.5 Å². The predicted octanol–water partition coefficient (Wildman–Crippen LogP) is 9.91. The number of rotatable bonds is 16. The Labute approximate surface area is 234 Å². The van der Waals surface area contributed by atoms with Gasteiger partial charge in [-0.05, 0) is 87.5 Å². The highest BCUT2D eigenvalue weighted by molar-refractivity contribution is 5.91. The molecule has 3 saturated carbocycles. The van der Waals surface area contributed by atoms with Gasteiger partial charge in [0.05, 0.1) is 0 Å². The SMILES string of the molecule is CCCCCCCCCCCCCCCC(=O)O[C@H]1CC[C@H]2[C@@H]3CCC4=CC(=O)CC[C@@H]4[C@H]3CC[C@]12CC. The number of esters is 1. The van der Waals surface area contributed by atoms with Crippen LogP contribution >= 0.6 is 0 Å². The van der Waals surface area contributed by atoms with Crippen molar-refractivity contribution in [1.29, 1.82) is 0 Å². The van der Waals surface area contributed by atoms with Gasteiger partial charge in [0.1, 0.15) is 6.10 Å². The van der Waals surface area contributed by atoms with E-state index < -0.39 is 0 Å². The molecule has 0 bridgehead atoms. The second-order valence-electron chi connectivity index (χ2n) is 13.5. The van der Waals surface area contributed by atoms with Crippen LogP contribution in [0.5, 0.6) is 0 Å². The van der Waals surface area contributed by atoms with E-state index in [1.165, 1.54) is 108 Å². The lowest BCUT2D eigenvalue weighted by atomic mass is 9.51. The number of unbranched alkanes of at least 4 members (excludes halogenated alkanes) is 12. The average molecular weight is 527 g/mol. The minimum absolute atomic E-state index is 0.0633. The molecule has 38 heavy (non-hydrogen) atoms. The highest BCUT2D eigenvalue weighted by Gasteiger charge is 2.58. The van der Waals surface area contributed by atoms with Gasteiger partial charge < -0.3 is 4.74 Å². The Hall–Kier alpha value is -1.12. The minimum Gasteiger partial charge on any atom is -0.462 e. The first kappa shape index (κ1) is 29.9. The maximum absolute atomic E-state index is 12.9. The van der Waals surface area contributed by atoms with Crippen LogP contribution in [-0.2, 0) is 14.3 Å². The monoisotopic (exact) mass is 526 g/mol. The Kier molecular flexibility index (Phi) is 11.8. The van der Waals surface area contributed by atoms with E-state index in [0.29, 0.717) is 24.0 Å².